The Balaban J connectivity index is 2.46. The lowest BCUT2D eigenvalue weighted by Crippen LogP contribution is -2.67. The third-order valence-corrected chi connectivity index (χ3v) is 8.77. The smallest absolute Gasteiger partial charge is 0.200 e. The molecule has 0 saturated heterocycles. The van der Waals surface area contributed by atoms with Gasteiger partial charge < -0.3 is 4.74 Å². The van der Waals surface area contributed by atoms with E-state index in [0.717, 1.165) is 17.6 Å². The molecular weight excluding hydrogens is 472 g/mol. The summed E-state index contributed by atoms with van der Waals surface area (Å²) in [4.78, 5) is 43.8. The summed E-state index contributed by atoms with van der Waals surface area (Å²) in [6, 6.07) is 8.85. The van der Waals surface area contributed by atoms with E-state index in [0.29, 0.717) is 18.4 Å². The molecule has 3 rings (SSSR count). The number of ketones is 3. The zero-order valence-corrected chi connectivity index (χ0v) is 24.7. The van der Waals surface area contributed by atoms with Gasteiger partial charge in [0.1, 0.15) is 16.7 Å². The van der Waals surface area contributed by atoms with E-state index in [1.54, 1.807) is 24.3 Å². The molecule has 0 unspecified atom stereocenters. The fourth-order valence-corrected chi connectivity index (χ4v) is 6.41. The van der Waals surface area contributed by atoms with Crippen LogP contribution in [0.5, 0.6) is 0 Å². The van der Waals surface area contributed by atoms with Crippen LogP contribution in [0.15, 0.2) is 76.6 Å². The Morgan fingerprint density at radius 3 is 1.97 bits per heavy atom. The molecule has 0 amide bonds. The van der Waals surface area contributed by atoms with Crippen LogP contribution in [0.25, 0.3) is 0 Å². The highest BCUT2D eigenvalue weighted by Gasteiger charge is 2.72. The van der Waals surface area contributed by atoms with Crippen molar-refractivity contribution in [3.05, 3.63) is 82.2 Å². The fraction of sp³-hybridized carbons (Fsp3) is 0.500. The number of hydrogen-bond donors (Lipinski definition) is 0. The number of rotatable bonds is 9. The maximum absolute atomic E-state index is 14.9. The van der Waals surface area contributed by atoms with Crippen LogP contribution < -0.4 is 0 Å². The fourth-order valence-electron chi connectivity index (χ4n) is 6.41. The number of carbonyl (C=O) groups excluding carboxylic acids is 3. The van der Waals surface area contributed by atoms with E-state index in [-0.39, 0.29) is 35.2 Å². The number of carbonyl (C=O) groups is 3. The van der Waals surface area contributed by atoms with Gasteiger partial charge in [-0.1, -0.05) is 79.1 Å². The van der Waals surface area contributed by atoms with Gasteiger partial charge in [-0.15, -0.1) is 0 Å². The molecule has 0 heterocycles. The van der Waals surface area contributed by atoms with Gasteiger partial charge in [0.2, 0.25) is 0 Å². The van der Waals surface area contributed by atoms with Crippen molar-refractivity contribution in [2.24, 2.45) is 22.2 Å². The Kier molecular flexibility index (Phi) is 8.55. The summed E-state index contributed by atoms with van der Waals surface area (Å²) in [6.45, 7) is 16.2. The summed E-state index contributed by atoms with van der Waals surface area (Å²) in [5.41, 5.74) is 0.626. The standard InChI is InChI=1S/C34H44O4/c1-22(2)15-16-26-21-33(19-17-23(3)4)30(38-9)27(28(35)25-13-11-10-12-14-25)29(36)34(31(33)37,32(26,7)8)20-18-24(5)6/h10-15,17-18,26H,16,19-21H2,1-9H3/t26-,33+,34-/m1/s1. The van der Waals surface area contributed by atoms with Gasteiger partial charge in [-0.2, -0.15) is 0 Å². The number of methoxy groups -OCH3 is 1. The van der Waals surface area contributed by atoms with E-state index < -0.39 is 22.0 Å². The molecule has 0 radical (unpaired) electrons. The molecule has 2 bridgehead atoms. The average molecular weight is 517 g/mol. The van der Waals surface area contributed by atoms with Crippen molar-refractivity contribution in [3.8, 4) is 0 Å². The summed E-state index contributed by atoms with van der Waals surface area (Å²) in [6.07, 6.45) is 8.19. The van der Waals surface area contributed by atoms with E-state index in [9.17, 15) is 14.4 Å². The minimum Gasteiger partial charge on any atom is -0.499 e. The van der Waals surface area contributed by atoms with Crippen molar-refractivity contribution in [1.82, 2.24) is 0 Å². The molecule has 1 fully saturated rings. The Labute approximate surface area is 228 Å². The predicted octanol–water partition coefficient (Wildman–Crippen LogP) is 8.01. The molecule has 0 aliphatic heterocycles. The summed E-state index contributed by atoms with van der Waals surface area (Å²) in [5.74, 6) is -0.602. The van der Waals surface area contributed by atoms with Crippen molar-refractivity contribution in [2.75, 3.05) is 7.11 Å². The van der Waals surface area contributed by atoms with Crippen LogP contribution in [-0.4, -0.2) is 24.5 Å². The Morgan fingerprint density at radius 1 is 0.895 bits per heavy atom. The molecule has 3 atom stereocenters. The van der Waals surface area contributed by atoms with Gasteiger partial charge >= 0.3 is 0 Å². The minimum atomic E-state index is -1.38. The summed E-state index contributed by atoms with van der Waals surface area (Å²) >= 11 is 0. The van der Waals surface area contributed by atoms with E-state index in [1.165, 1.54) is 12.7 Å². The molecule has 2 aliphatic rings. The maximum Gasteiger partial charge on any atom is 0.200 e. The molecule has 0 spiro atoms. The van der Waals surface area contributed by atoms with Crippen molar-refractivity contribution in [2.45, 2.75) is 81.1 Å². The largest absolute Gasteiger partial charge is 0.499 e. The first-order valence-corrected chi connectivity index (χ1v) is 13.6. The number of allylic oxidation sites excluding steroid dienone is 8. The second-order valence-corrected chi connectivity index (χ2v) is 12.4. The highest BCUT2D eigenvalue weighted by atomic mass is 16.5. The number of fused-ring (bicyclic) bond motifs is 2. The monoisotopic (exact) mass is 516 g/mol. The number of benzene rings is 1. The molecule has 2 aliphatic carbocycles. The molecular formula is C34H44O4. The van der Waals surface area contributed by atoms with Crippen LogP contribution in [0.1, 0.15) is 91.4 Å². The molecule has 1 saturated carbocycles. The number of Topliss-reactive ketones (excluding diaryl/α,β-unsaturated/α-hetero) is 3. The van der Waals surface area contributed by atoms with E-state index in [4.69, 9.17) is 4.74 Å². The van der Waals surface area contributed by atoms with E-state index >= 15 is 0 Å². The third kappa shape index (κ3) is 4.79. The van der Waals surface area contributed by atoms with Crippen LogP contribution in [-0.2, 0) is 14.3 Å². The average Bonchev–Trinajstić information content (AvgIpc) is 2.85. The van der Waals surface area contributed by atoms with Crippen LogP contribution >= 0.6 is 0 Å². The topological polar surface area (TPSA) is 60.4 Å². The SMILES string of the molecule is COC1=C(C(=O)c2ccccc2)C(=O)[C@]2(CC=C(C)C)C(=O)[C@@]1(CC=C(C)C)C[C@@H](CC=C(C)C)C2(C)C. The lowest BCUT2D eigenvalue weighted by molar-refractivity contribution is -0.171. The molecule has 0 N–H and O–H groups in total. The first-order chi connectivity index (χ1) is 17.8. The lowest BCUT2D eigenvalue weighted by Gasteiger charge is -2.60. The summed E-state index contributed by atoms with van der Waals surface area (Å²) in [7, 11) is 1.49. The Morgan fingerprint density at radius 2 is 1.45 bits per heavy atom. The predicted molar refractivity (Wildman–Crippen MR) is 154 cm³/mol. The molecule has 204 valence electrons. The van der Waals surface area contributed by atoms with Crippen LogP contribution in [0.2, 0.25) is 0 Å². The van der Waals surface area contributed by atoms with Crippen molar-refractivity contribution < 1.29 is 19.1 Å². The van der Waals surface area contributed by atoms with Gasteiger partial charge in [0, 0.05) is 5.56 Å². The van der Waals surface area contributed by atoms with Gasteiger partial charge in [-0.25, -0.2) is 0 Å². The van der Waals surface area contributed by atoms with E-state index in [2.05, 4.69) is 39.8 Å². The third-order valence-electron chi connectivity index (χ3n) is 8.77. The zero-order chi connectivity index (χ0) is 28.5. The first-order valence-electron chi connectivity index (χ1n) is 13.6. The minimum absolute atomic E-state index is 0.0358. The first kappa shape index (κ1) is 29.5. The molecule has 1 aromatic rings. The van der Waals surface area contributed by atoms with Crippen molar-refractivity contribution in [1.29, 1.82) is 0 Å². The van der Waals surface area contributed by atoms with Gasteiger partial charge in [0.15, 0.2) is 17.3 Å². The number of ether oxygens (including phenoxy) is 1. The van der Waals surface area contributed by atoms with E-state index in [1.807, 2.05) is 39.8 Å². The maximum atomic E-state index is 14.9. The molecule has 4 heteroatoms. The highest BCUT2D eigenvalue weighted by molar-refractivity contribution is 6.35. The molecule has 38 heavy (non-hydrogen) atoms. The molecule has 1 aromatic carbocycles. The summed E-state index contributed by atoms with van der Waals surface area (Å²) < 4.78 is 5.98. The van der Waals surface area contributed by atoms with Gasteiger partial charge in [0.25, 0.3) is 0 Å². The second-order valence-electron chi connectivity index (χ2n) is 12.4. The molecule has 0 aromatic heterocycles. The van der Waals surface area contributed by atoms with Gasteiger partial charge in [-0.3, -0.25) is 14.4 Å². The number of hydrogen-bond acceptors (Lipinski definition) is 4. The molecule has 4 nitrogen and oxygen atoms in total. The van der Waals surface area contributed by atoms with Crippen LogP contribution in [0.3, 0.4) is 0 Å². The van der Waals surface area contributed by atoms with Gasteiger partial charge in [-0.05, 0) is 78.6 Å². The second kappa shape index (κ2) is 11.0. The Hall–Kier alpha value is -3.01. The lowest BCUT2D eigenvalue weighted by atomic mass is 9.40. The van der Waals surface area contributed by atoms with Crippen LogP contribution in [0.4, 0.5) is 0 Å². The quantitative estimate of drug-likeness (QED) is 0.144. The van der Waals surface area contributed by atoms with Crippen LogP contribution in [0, 0.1) is 22.2 Å². The zero-order valence-electron chi connectivity index (χ0n) is 24.7. The normalized spacial score (nSPS) is 26.0. The summed E-state index contributed by atoms with van der Waals surface area (Å²) in [5, 5.41) is 0. The Bertz CT molecular complexity index is 1230. The van der Waals surface area contributed by atoms with Crippen molar-refractivity contribution >= 4 is 17.3 Å². The van der Waals surface area contributed by atoms with Crippen molar-refractivity contribution in [3.63, 3.8) is 0 Å². The highest BCUT2D eigenvalue weighted by Crippen LogP contribution is 2.66. The van der Waals surface area contributed by atoms with Gasteiger partial charge in [0.05, 0.1) is 12.5 Å².